The van der Waals surface area contributed by atoms with E-state index in [4.69, 9.17) is 4.42 Å². The molecule has 1 aromatic heterocycles. The molecule has 0 saturated heterocycles. The fraction of sp³-hybridized carbons (Fsp3) is 0.409. The largest absolute Gasteiger partial charge is 0.459 e. The number of furan rings is 1. The Morgan fingerprint density at radius 2 is 1.76 bits per heavy atom. The Morgan fingerprint density at radius 1 is 1.03 bits per heavy atom. The van der Waals surface area contributed by atoms with Crippen molar-refractivity contribution in [3.8, 4) is 0 Å². The second-order valence-corrected chi connectivity index (χ2v) is 7.80. The van der Waals surface area contributed by atoms with Crippen LogP contribution in [0.1, 0.15) is 54.2 Å². The van der Waals surface area contributed by atoms with Gasteiger partial charge < -0.3 is 20.4 Å². The molecule has 0 aliphatic heterocycles. The Hall–Kier alpha value is -3.09. The zero-order valence-corrected chi connectivity index (χ0v) is 17.5. The van der Waals surface area contributed by atoms with E-state index in [2.05, 4.69) is 16.0 Å². The Balaban J connectivity index is 2.07. The second-order valence-electron chi connectivity index (χ2n) is 7.80. The summed E-state index contributed by atoms with van der Waals surface area (Å²) < 4.78 is 5.08. The zero-order chi connectivity index (χ0) is 21.6. The summed E-state index contributed by atoms with van der Waals surface area (Å²) in [6.45, 7) is 10.2. The highest BCUT2D eigenvalue weighted by atomic mass is 16.3. The molecule has 1 unspecified atom stereocenters. The number of anilines is 1. The molecule has 7 heteroatoms. The number of hydrogen-bond acceptors (Lipinski definition) is 4. The van der Waals surface area contributed by atoms with Gasteiger partial charge in [-0.1, -0.05) is 27.7 Å². The number of rotatable bonds is 8. The summed E-state index contributed by atoms with van der Waals surface area (Å²) in [5, 5.41) is 8.42. The van der Waals surface area contributed by atoms with Crippen molar-refractivity contribution in [3.63, 3.8) is 0 Å². The van der Waals surface area contributed by atoms with Crippen LogP contribution in [0.25, 0.3) is 0 Å². The standard InChI is InChI=1S/C22H29N3O4/c1-13(2)12-23-20(26)16-8-9-17(15(5)11-16)24-22(28)19(14(3)4)25-21(27)18-7-6-10-29-18/h6-11,13-14,19H,12H2,1-5H3,(H,23,26)(H,24,28)(H,25,27). The average molecular weight is 399 g/mol. The van der Waals surface area contributed by atoms with E-state index in [0.717, 1.165) is 5.56 Å². The van der Waals surface area contributed by atoms with Gasteiger partial charge in [-0.15, -0.1) is 0 Å². The predicted molar refractivity (Wildman–Crippen MR) is 112 cm³/mol. The van der Waals surface area contributed by atoms with Crippen LogP contribution >= 0.6 is 0 Å². The molecular formula is C22H29N3O4. The maximum absolute atomic E-state index is 12.8. The highest BCUT2D eigenvalue weighted by Crippen LogP contribution is 2.18. The maximum atomic E-state index is 12.8. The molecule has 2 rings (SSSR count). The van der Waals surface area contributed by atoms with Crippen LogP contribution in [-0.4, -0.2) is 30.3 Å². The number of hydrogen-bond donors (Lipinski definition) is 3. The Bertz CT molecular complexity index is 857. The van der Waals surface area contributed by atoms with Gasteiger partial charge in [-0.05, 0) is 54.7 Å². The minimum absolute atomic E-state index is 0.129. The van der Waals surface area contributed by atoms with Crippen LogP contribution in [0.4, 0.5) is 5.69 Å². The Morgan fingerprint density at radius 3 is 2.31 bits per heavy atom. The number of carbonyl (C=O) groups excluding carboxylic acids is 3. The molecule has 156 valence electrons. The van der Waals surface area contributed by atoms with Crippen LogP contribution in [0.2, 0.25) is 0 Å². The van der Waals surface area contributed by atoms with E-state index < -0.39 is 11.9 Å². The zero-order valence-electron chi connectivity index (χ0n) is 17.5. The van der Waals surface area contributed by atoms with Gasteiger partial charge in [0.25, 0.3) is 11.8 Å². The first-order valence-electron chi connectivity index (χ1n) is 9.73. The van der Waals surface area contributed by atoms with E-state index >= 15 is 0 Å². The molecule has 3 N–H and O–H groups in total. The molecule has 0 fully saturated rings. The minimum Gasteiger partial charge on any atom is -0.459 e. The van der Waals surface area contributed by atoms with Gasteiger partial charge in [0.05, 0.1) is 6.26 Å². The molecule has 1 aromatic carbocycles. The third-order valence-corrected chi connectivity index (χ3v) is 4.40. The quantitative estimate of drug-likeness (QED) is 0.633. The van der Waals surface area contributed by atoms with Crippen LogP contribution in [0.5, 0.6) is 0 Å². The van der Waals surface area contributed by atoms with Gasteiger partial charge in [-0.2, -0.15) is 0 Å². The fourth-order valence-corrected chi connectivity index (χ4v) is 2.71. The van der Waals surface area contributed by atoms with Crippen LogP contribution in [0.15, 0.2) is 41.0 Å². The van der Waals surface area contributed by atoms with Crippen LogP contribution in [-0.2, 0) is 4.79 Å². The van der Waals surface area contributed by atoms with Gasteiger partial charge >= 0.3 is 0 Å². The SMILES string of the molecule is Cc1cc(C(=O)NCC(C)C)ccc1NC(=O)C(NC(=O)c1ccco1)C(C)C. The summed E-state index contributed by atoms with van der Waals surface area (Å²) in [6.07, 6.45) is 1.40. The van der Waals surface area contributed by atoms with E-state index in [1.807, 2.05) is 34.6 Å². The van der Waals surface area contributed by atoms with Gasteiger partial charge in [-0.3, -0.25) is 14.4 Å². The smallest absolute Gasteiger partial charge is 0.287 e. The minimum atomic E-state index is -0.735. The molecule has 0 aliphatic rings. The first-order valence-corrected chi connectivity index (χ1v) is 9.73. The van der Waals surface area contributed by atoms with E-state index in [0.29, 0.717) is 23.7 Å². The van der Waals surface area contributed by atoms with Crippen molar-refractivity contribution in [1.82, 2.24) is 10.6 Å². The maximum Gasteiger partial charge on any atom is 0.287 e. The van der Waals surface area contributed by atoms with Crippen LogP contribution in [0, 0.1) is 18.8 Å². The normalized spacial score (nSPS) is 12.0. The first kappa shape index (κ1) is 22.2. The molecule has 0 bridgehead atoms. The lowest BCUT2D eigenvalue weighted by atomic mass is 10.0. The van der Waals surface area contributed by atoms with Crippen molar-refractivity contribution in [2.75, 3.05) is 11.9 Å². The van der Waals surface area contributed by atoms with E-state index in [1.54, 1.807) is 24.3 Å². The molecule has 29 heavy (non-hydrogen) atoms. The molecule has 1 atom stereocenters. The van der Waals surface area contributed by atoms with Gasteiger partial charge in [0.1, 0.15) is 6.04 Å². The molecule has 0 aliphatic carbocycles. The third kappa shape index (κ3) is 6.20. The summed E-state index contributed by atoms with van der Waals surface area (Å²) >= 11 is 0. The summed E-state index contributed by atoms with van der Waals surface area (Å²) in [7, 11) is 0. The molecule has 1 heterocycles. The molecule has 0 spiro atoms. The number of benzene rings is 1. The first-order chi connectivity index (χ1) is 13.7. The molecule has 0 saturated carbocycles. The lowest BCUT2D eigenvalue weighted by Gasteiger charge is -2.22. The van der Waals surface area contributed by atoms with Crippen molar-refractivity contribution >= 4 is 23.4 Å². The molecule has 3 amide bonds. The van der Waals surface area contributed by atoms with E-state index in [-0.39, 0.29) is 23.5 Å². The van der Waals surface area contributed by atoms with Crippen molar-refractivity contribution in [3.05, 3.63) is 53.5 Å². The summed E-state index contributed by atoms with van der Waals surface area (Å²) in [6, 6.07) is 7.52. The highest BCUT2D eigenvalue weighted by Gasteiger charge is 2.26. The number of carbonyl (C=O) groups is 3. The fourth-order valence-electron chi connectivity index (χ4n) is 2.71. The topological polar surface area (TPSA) is 100 Å². The predicted octanol–water partition coefficient (Wildman–Crippen LogP) is 3.37. The monoisotopic (exact) mass is 399 g/mol. The van der Waals surface area contributed by atoms with Gasteiger partial charge in [0.15, 0.2) is 5.76 Å². The lowest BCUT2D eigenvalue weighted by Crippen LogP contribution is -2.47. The Labute approximate surface area is 171 Å². The van der Waals surface area contributed by atoms with Gasteiger partial charge in [0.2, 0.25) is 5.91 Å². The Kier molecular flexibility index (Phi) is 7.59. The van der Waals surface area contributed by atoms with Crippen LogP contribution in [0.3, 0.4) is 0 Å². The van der Waals surface area contributed by atoms with E-state index in [1.165, 1.54) is 12.3 Å². The lowest BCUT2D eigenvalue weighted by molar-refractivity contribution is -0.118. The van der Waals surface area contributed by atoms with Crippen molar-refractivity contribution in [2.45, 2.75) is 40.7 Å². The van der Waals surface area contributed by atoms with Crippen molar-refractivity contribution in [2.24, 2.45) is 11.8 Å². The summed E-state index contributed by atoms with van der Waals surface area (Å²) in [4.78, 5) is 37.2. The molecular weight excluding hydrogens is 370 g/mol. The number of nitrogens with one attached hydrogen (secondary N) is 3. The third-order valence-electron chi connectivity index (χ3n) is 4.40. The van der Waals surface area contributed by atoms with Crippen molar-refractivity contribution < 1.29 is 18.8 Å². The van der Waals surface area contributed by atoms with Gasteiger partial charge in [-0.25, -0.2) is 0 Å². The summed E-state index contributed by atoms with van der Waals surface area (Å²) in [5.74, 6) is -0.544. The number of amides is 3. The molecule has 0 radical (unpaired) electrons. The molecule has 2 aromatic rings. The summed E-state index contributed by atoms with van der Waals surface area (Å²) in [5.41, 5.74) is 1.89. The van der Waals surface area contributed by atoms with Crippen molar-refractivity contribution in [1.29, 1.82) is 0 Å². The average Bonchev–Trinajstić information content (AvgIpc) is 3.20. The van der Waals surface area contributed by atoms with E-state index in [9.17, 15) is 14.4 Å². The molecule has 7 nitrogen and oxygen atoms in total. The van der Waals surface area contributed by atoms with Crippen LogP contribution < -0.4 is 16.0 Å². The highest BCUT2D eigenvalue weighted by molar-refractivity contribution is 6.01. The van der Waals surface area contributed by atoms with Gasteiger partial charge in [0, 0.05) is 17.8 Å². The second kappa shape index (κ2) is 9.91. The number of aryl methyl sites for hydroxylation is 1.